The third kappa shape index (κ3) is 4.19. The summed E-state index contributed by atoms with van der Waals surface area (Å²) in [6, 6.07) is 0. The molecule has 1 rings (SSSR count). The molecule has 0 bridgehead atoms. The van der Waals surface area contributed by atoms with Crippen molar-refractivity contribution in [3.8, 4) is 0 Å². The highest BCUT2D eigenvalue weighted by Gasteiger charge is 2.18. The Balaban J connectivity index is 2.91. The van der Waals surface area contributed by atoms with Crippen LogP contribution in [0.3, 0.4) is 0 Å². The molecule has 0 saturated heterocycles. The second-order valence-electron chi connectivity index (χ2n) is 4.90. The second-order valence-corrected chi connectivity index (χ2v) is 4.90. The molecule has 0 saturated carbocycles. The highest BCUT2D eigenvalue weighted by Crippen LogP contribution is 2.18. The summed E-state index contributed by atoms with van der Waals surface area (Å²) in [6.07, 6.45) is 1.79. The Kier molecular flexibility index (Phi) is 4.28. The van der Waals surface area contributed by atoms with E-state index in [1.54, 1.807) is 20.0 Å². The smallest absolute Gasteiger partial charge is 0.224 e. The number of nitrogens with one attached hydrogen (secondary N) is 1. The van der Waals surface area contributed by atoms with E-state index in [0.29, 0.717) is 12.5 Å². The first-order valence-corrected chi connectivity index (χ1v) is 5.84. The molecule has 0 unspecified atom stereocenters. The van der Waals surface area contributed by atoms with Gasteiger partial charge in [-0.15, -0.1) is 0 Å². The Bertz CT molecular complexity index is 373. The molecule has 96 valence electrons. The molecular formula is C12H22N4O. The number of likely N-dealkylation sites (N-methyl/N-ethyl adjacent to an activating group) is 1. The van der Waals surface area contributed by atoms with Crippen molar-refractivity contribution in [2.75, 3.05) is 30.4 Å². The molecule has 5 nitrogen and oxygen atoms in total. The van der Waals surface area contributed by atoms with E-state index in [9.17, 15) is 5.11 Å². The largest absolute Gasteiger partial charge is 0.389 e. The van der Waals surface area contributed by atoms with Gasteiger partial charge in [0.1, 0.15) is 5.82 Å². The van der Waals surface area contributed by atoms with Crippen LogP contribution in [-0.4, -0.2) is 40.8 Å². The molecule has 0 aromatic carbocycles. The topological polar surface area (TPSA) is 61.3 Å². The lowest BCUT2D eigenvalue weighted by molar-refractivity contribution is 0.0884. The van der Waals surface area contributed by atoms with Gasteiger partial charge in [0, 0.05) is 31.9 Å². The van der Waals surface area contributed by atoms with E-state index < -0.39 is 5.60 Å². The molecule has 1 aromatic heterocycles. The Morgan fingerprint density at radius 1 is 1.47 bits per heavy atom. The highest BCUT2D eigenvalue weighted by atomic mass is 16.3. The fourth-order valence-electron chi connectivity index (χ4n) is 1.72. The summed E-state index contributed by atoms with van der Waals surface area (Å²) in [5, 5.41) is 12.9. The number of aromatic nitrogens is 2. The molecule has 0 aliphatic heterocycles. The average Bonchev–Trinajstić information content (AvgIpc) is 2.18. The minimum absolute atomic E-state index is 0.524. The van der Waals surface area contributed by atoms with Crippen LogP contribution in [0.2, 0.25) is 0 Å². The summed E-state index contributed by atoms with van der Waals surface area (Å²) in [5.41, 5.74) is 0.253. The molecule has 2 N–H and O–H groups in total. The predicted octanol–water partition coefficient (Wildman–Crippen LogP) is 1.42. The number of nitrogens with zero attached hydrogens (tertiary/aromatic N) is 3. The van der Waals surface area contributed by atoms with Gasteiger partial charge in [-0.25, -0.2) is 4.98 Å². The second kappa shape index (κ2) is 5.31. The number of hydrogen-bond donors (Lipinski definition) is 2. The lowest BCUT2D eigenvalue weighted by atomic mass is 10.1. The van der Waals surface area contributed by atoms with E-state index in [2.05, 4.69) is 15.3 Å². The molecule has 5 heteroatoms. The maximum Gasteiger partial charge on any atom is 0.224 e. The van der Waals surface area contributed by atoms with Crippen LogP contribution in [0.15, 0.2) is 6.20 Å². The molecule has 0 aliphatic rings. The minimum atomic E-state index is -0.746. The third-order valence-corrected chi connectivity index (χ3v) is 2.27. The first-order valence-electron chi connectivity index (χ1n) is 5.84. The summed E-state index contributed by atoms with van der Waals surface area (Å²) >= 11 is 0. The van der Waals surface area contributed by atoms with E-state index in [-0.39, 0.29) is 0 Å². The summed E-state index contributed by atoms with van der Waals surface area (Å²) < 4.78 is 0. The van der Waals surface area contributed by atoms with E-state index in [4.69, 9.17) is 0 Å². The van der Waals surface area contributed by atoms with Gasteiger partial charge in [-0.3, -0.25) is 0 Å². The van der Waals surface area contributed by atoms with Gasteiger partial charge in [-0.2, -0.15) is 4.98 Å². The van der Waals surface area contributed by atoms with Crippen LogP contribution in [0.5, 0.6) is 0 Å². The molecule has 17 heavy (non-hydrogen) atoms. The maximum atomic E-state index is 9.81. The monoisotopic (exact) mass is 238 g/mol. The first-order chi connectivity index (χ1) is 7.83. The first kappa shape index (κ1) is 13.7. The van der Waals surface area contributed by atoms with Gasteiger partial charge in [-0.1, -0.05) is 0 Å². The number of aryl methyl sites for hydroxylation is 1. The normalized spacial score (nSPS) is 11.4. The number of anilines is 2. The van der Waals surface area contributed by atoms with Crippen molar-refractivity contribution in [3.05, 3.63) is 11.8 Å². The van der Waals surface area contributed by atoms with Crippen molar-refractivity contribution in [2.24, 2.45) is 0 Å². The van der Waals surface area contributed by atoms with E-state index in [0.717, 1.165) is 17.9 Å². The van der Waals surface area contributed by atoms with Crippen molar-refractivity contribution in [1.82, 2.24) is 9.97 Å². The van der Waals surface area contributed by atoms with Gasteiger partial charge in [0.05, 0.1) is 5.60 Å². The van der Waals surface area contributed by atoms with Crippen molar-refractivity contribution in [2.45, 2.75) is 33.3 Å². The zero-order valence-corrected chi connectivity index (χ0v) is 11.3. The average molecular weight is 238 g/mol. The SMILES string of the molecule is CCNc1ncc(C)c(N(C)CC(C)(C)O)n1. The standard InChI is InChI=1S/C12H22N4O/c1-6-13-11-14-7-9(2)10(15-11)16(5)8-12(3,4)17/h7,17H,6,8H2,1-5H3,(H,13,14,15). The van der Waals surface area contributed by atoms with Crippen LogP contribution in [0.25, 0.3) is 0 Å². The number of hydrogen-bond acceptors (Lipinski definition) is 5. The van der Waals surface area contributed by atoms with Crippen LogP contribution >= 0.6 is 0 Å². The molecule has 0 fully saturated rings. The molecule has 0 atom stereocenters. The Labute approximate surface area is 103 Å². The lowest BCUT2D eigenvalue weighted by Gasteiger charge is -2.27. The van der Waals surface area contributed by atoms with E-state index >= 15 is 0 Å². The van der Waals surface area contributed by atoms with Gasteiger partial charge in [-0.05, 0) is 27.7 Å². The summed E-state index contributed by atoms with van der Waals surface area (Å²) in [5.74, 6) is 1.47. The van der Waals surface area contributed by atoms with Crippen LogP contribution in [0.4, 0.5) is 11.8 Å². The zero-order chi connectivity index (χ0) is 13.1. The fourth-order valence-corrected chi connectivity index (χ4v) is 1.72. The molecule has 1 aromatic rings. The third-order valence-electron chi connectivity index (χ3n) is 2.27. The van der Waals surface area contributed by atoms with Crippen molar-refractivity contribution in [3.63, 3.8) is 0 Å². The van der Waals surface area contributed by atoms with Crippen LogP contribution in [0.1, 0.15) is 26.3 Å². The Hall–Kier alpha value is -1.36. The van der Waals surface area contributed by atoms with Gasteiger partial charge < -0.3 is 15.3 Å². The van der Waals surface area contributed by atoms with Crippen LogP contribution in [0, 0.1) is 6.92 Å². The van der Waals surface area contributed by atoms with E-state index in [1.165, 1.54) is 0 Å². The highest BCUT2D eigenvalue weighted by molar-refractivity contribution is 5.48. The fraction of sp³-hybridized carbons (Fsp3) is 0.667. The molecule has 0 aliphatic carbocycles. The lowest BCUT2D eigenvalue weighted by Crippen LogP contribution is -2.37. The molecular weight excluding hydrogens is 216 g/mol. The summed E-state index contributed by atoms with van der Waals surface area (Å²) in [6.45, 7) is 8.85. The Morgan fingerprint density at radius 3 is 2.65 bits per heavy atom. The van der Waals surface area contributed by atoms with Crippen molar-refractivity contribution >= 4 is 11.8 Å². The Morgan fingerprint density at radius 2 is 2.12 bits per heavy atom. The van der Waals surface area contributed by atoms with Crippen molar-refractivity contribution < 1.29 is 5.11 Å². The molecule has 1 heterocycles. The summed E-state index contributed by atoms with van der Waals surface area (Å²) in [7, 11) is 1.92. The molecule has 0 amide bonds. The maximum absolute atomic E-state index is 9.81. The van der Waals surface area contributed by atoms with Crippen LogP contribution in [-0.2, 0) is 0 Å². The molecule has 0 radical (unpaired) electrons. The van der Waals surface area contributed by atoms with Crippen LogP contribution < -0.4 is 10.2 Å². The predicted molar refractivity (Wildman–Crippen MR) is 70.5 cm³/mol. The quantitative estimate of drug-likeness (QED) is 0.812. The molecule has 0 spiro atoms. The summed E-state index contributed by atoms with van der Waals surface area (Å²) in [4.78, 5) is 10.6. The van der Waals surface area contributed by atoms with Gasteiger partial charge in [0.2, 0.25) is 5.95 Å². The van der Waals surface area contributed by atoms with Gasteiger partial charge in [0.25, 0.3) is 0 Å². The zero-order valence-electron chi connectivity index (χ0n) is 11.3. The van der Waals surface area contributed by atoms with Gasteiger partial charge >= 0.3 is 0 Å². The number of rotatable bonds is 5. The van der Waals surface area contributed by atoms with Gasteiger partial charge in [0.15, 0.2) is 0 Å². The van der Waals surface area contributed by atoms with Crippen molar-refractivity contribution in [1.29, 1.82) is 0 Å². The minimum Gasteiger partial charge on any atom is -0.389 e. The van der Waals surface area contributed by atoms with E-state index in [1.807, 2.05) is 25.8 Å². The number of aliphatic hydroxyl groups is 1.